The van der Waals surface area contributed by atoms with Gasteiger partial charge in [0.05, 0.1) is 32.4 Å². The van der Waals surface area contributed by atoms with E-state index in [9.17, 15) is 9.59 Å². The minimum atomic E-state index is -0.737. The summed E-state index contributed by atoms with van der Waals surface area (Å²) >= 11 is 0. The van der Waals surface area contributed by atoms with Crippen molar-refractivity contribution in [3.63, 3.8) is 0 Å². The van der Waals surface area contributed by atoms with E-state index in [0.717, 1.165) is 16.7 Å². The Labute approximate surface area is 228 Å². The molecule has 1 fully saturated rings. The number of nitrogens with zero attached hydrogens (tertiary/aromatic N) is 2. The summed E-state index contributed by atoms with van der Waals surface area (Å²) in [6, 6.07) is 23.9. The van der Waals surface area contributed by atoms with Gasteiger partial charge in [0.15, 0.2) is 11.5 Å². The second kappa shape index (κ2) is 13.3. The molecule has 3 aromatic rings. The number of amides is 2. The average Bonchev–Trinajstić information content (AvgIpc) is 3.41. The van der Waals surface area contributed by atoms with Gasteiger partial charge in [-0.1, -0.05) is 84.5 Å². The summed E-state index contributed by atoms with van der Waals surface area (Å²) in [5.41, 5.74) is 3.17. The van der Waals surface area contributed by atoms with E-state index in [1.165, 1.54) is 0 Å². The van der Waals surface area contributed by atoms with Crippen LogP contribution in [0.5, 0.6) is 11.5 Å². The van der Waals surface area contributed by atoms with Gasteiger partial charge >= 0.3 is 0 Å². The van der Waals surface area contributed by atoms with Crippen LogP contribution in [0.1, 0.15) is 29.0 Å². The van der Waals surface area contributed by atoms with E-state index in [0.29, 0.717) is 17.2 Å². The van der Waals surface area contributed by atoms with Crippen LogP contribution in [0.4, 0.5) is 0 Å². The van der Waals surface area contributed by atoms with E-state index in [-0.39, 0.29) is 37.9 Å². The third-order valence-corrected chi connectivity index (χ3v) is 6.56. The molecule has 202 valence electrons. The zero-order chi connectivity index (χ0) is 27.6. The maximum Gasteiger partial charge on any atom is 0.243 e. The first kappa shape index (κ1) is 27.4. The summed E-state index contributed by atoms with van der Waals surface area (Å²) in [6.07, 6.45) is 1.87. The quantitative estimate of drug-likeness (QED) is 0.228. The molecule has 0 unspecified atom stereocenters. The first-order valence-corrected chi connectivity index (χ1v) is 12.7. The maximum atomic E-state index is 14.2. The van der Waals surface area contributed by atoms with Crippen molar-refractivity contribution >= 4 is 17.5 Å². The van der Waals surface area contributed by atoms with Crippen LogP contribution in [0.3, 0.4) is 0 Å². The molecule has 8 heteroatoms. The highest BCUT2D eigenvalue weighted by atomic mass is 16.6. The van der Waals surface area contributed by atoms with Crippen molar-refractivity contribution in [2.75, 3.05) is 27.4 Å². The molecule has 1 aliphatic heterocycles. The Kier molecular flexibility index (Phi) is 9.34. The van der Waals surface area contributed by atoms with Gasteiger partial charge in [-0.05, 0) is 28.8 Å². The summed E-state index contributed by atoms with van der Waals surface area (Å²) in [5, 5.41) is 7.16. The molecular weight excluding hydrogens is 494 g/mol. The van der Waals surface area contributed by atoms with Crippen molar-refractivity contribution in [2.45, 2.75) is 24.9 Å². The van der Waals surface area contributed by atoms with Gasteiger partial charge in [0.25, 0.3) is 0 Å². The predicted molar refractivity (Wildman–Crippen MR) is 150 cm³/mol. The third kappa shape index (κ3) is 6.65. The van der Waals surface area contributed by atoms with Crippen molar-refractivity contribution in [3.05, 3.63) is 108 Å². The fourth-order valence-corrected chi connectivity index (χ4v) is 4.65. The highest BCUT2D eigenvalue weighted by molar-refractivity contribution is 6.02. The van der Waals surface area contributed by atoms with E-state index in [4.69, 9.17) is 14.3 Å². The average molecular weight is 528 g/mol. The number of ether oxygens (including phenoxy) is 2. The van der Waals surface area contributed by atoms with Crippen LogP contribution in [-0.2, 0) is 21.0 Å². The van der Waals surface area contributed by atoms with Gasteiger partial charge in [0, 0.05) is 13.0 Å². The molecular formula is C31H33N3O5. The molecule has 0 spiro atoms. The number of carbonyl (C=O) groups excluding carboxylic acids is 2. The number of nitrogens with one attached hydrogen (secondary N) is 1. The normalized spacial score (nSPS) is 15.7. The van der Waals surface area contributed by atoms with Crippen LogP contribution >= 0.6 is 0 Å². The monoisotopic (exact) mass is 527 g/mol. The van der Waals surface area contributed by atoms with Crippen molar-refractivity contribution < 1.29 is 23.9 Å². The highest BCUT2D eigenvalue weighted by Gasteiger charge is 2.41. The zero-order valence-corrected chi connectivity index (χ0v) is 22.2. The smallest absolute Gasteiger partial charge is 0.243 e. The number of hydrogen-bond donors (Lipinski definition) is 1. The van der Waals surface area contributed by atoms with Crippen molar-refractivity contribution in [1.29, 1.82) is 0 Å². The van der Waals surface area contributed by atoms with Gasteiger partial charge in [-0.3, -0.25) is 9.59 Å². The van der Waals surface area contributed by atoms with Crippen LogP contribution in [0.2, 0.25) is 0 Å². The van der Waals surface area contributed by atoms with Crippen molar-refractivity contribution in [1.82, 2.24) is 10.2 Å². The Bertz CT molecular complexity index is 1270. The lowest BCUT2D eigenvalue weighted by atomic mass is 9.90. The standard InChI is InChI=1S/C31H33N3O5/c1-4-17-39-33-25-19-26(30(35)32-20-22-15-16-27(37-2)28(18-22)38-3)34(21-25)31(36)29(23-11-7-5-8-12-23)24-13-9-6-10-14-24/h4-16,18,26,29H,1,17,19-21H2,2-3H3,(H,32,35)/t26-/m0/s1. The lowest BCUT2D eigenvalue weighted by Gasteiger charge is -2.28. The Morgan fingerprint density at radius 2 is 1.64 bits per heavy atom. The van der Waals surface area contributed by atoms with E-state index in [1.54, 1.807) is 31.3 Å². The van der Waals surface area contributed by atoms with Gasteiger partial charge < -0.3 is 24.5 Å². The highest BCUT2D eigenvalue weighted by Crippen LogP contribution is 2.31. The van der Waals surface area contributed by atoms with Crippen molar-refractivity contribution in [3.8, 4) is 11.5 Å². The van der Waals surface area contributed by atoms with Crippen LogP contribution < -0.4 is 14.8 Å². The minimum absolute atomic E-state index is 0.174. The predicted octanol–water partition coefficient (Wildman–Crippen LogP) is 4.31. The van der Waals surface area contributed by atoms with Gasteiger partial charge in [-0.2, -0.15) is 0 Å². The van der Waals surface area contributed by atoms with Gasteiger partial charge in [-0.15, -0.1) is 0 Å². The molecule has 0 aromatic heterocycles. The fraction of sp³-hybridized carbons (Fsp3) is 0.258. The van der Waals surface area contributed by atoms with E-state index in [1.807, 2.05) is 72.8 Å². The number of carbonyl (C=O) groups is 2. The molecule has 1 atom stereocenters. The molecule has 1 heterocycles. The number of methoxy groups -OCH3 is 2. The molecule has 8 nitrogen and oxygen atoms in total. The zero-order valence-electron chi connectivity index (χ0n) is 22.2. The Balaban J connectivity index is 1.59. The van der Waals surface area contributed by atoms with E-state index in [2.05, 4.69) is 17.1 Å². The molecule has 1 aliphatic rings. The van der Waals surface area contributed by atoms with E-state index >= 15 is 0 Å². The number of benzene rings is 3. The molecule has 0 saturated carbocycles. The van der Waals surface area contributed by atoms with Gasteiger partial charge in [0.2, 0.25) is 11.8 Å². The minimum Gasteiger partial charge on any atom is -0.493 e. The first-order valence-electron chi connectivity index (χ1n) is 12.7. The molecule has 4 rings (SSSR count). The number of rotatable bonds is 11. The van der Waals surface area contributed by atoms with Crippen molar-refractivity contribution in [2.24, 2.45) is 5.16 Å². The van der Waals surface area contributed by atoms with Crippen LogP contribution in [0, 0.1) is 0 Å². The van der Waals surface area contributed by atoms with Crippen LogP contribution in [0.15, 0.2) is 96.7 Å². The topological polar surface area (TPSA) is 89.5 Å². The van der Waals surface area contributed by atoms with Crippen LogP contribution in [0.25, 0.3) is 0 Å². The molecule has 3 aromatic carbocycles. The maximum absolute atomic E-state index is 14.2. The lowest BCUT2D eigenvalue weighted by Crippen LogP contribution is -2.47. The summed E-state index contributed by atoms with van der Waals surface area (Å²) in [7, 11) is 3.13. The summed E-state index contributed by atoms with van der Waals surface area (Å²) in [4.78, 5) is 34.6. The van der Waals surface area contributed by atoms with Gasteiger partial charge in [0.1, 0.15) is 12.6 Å². The Morgan fingerprint density at radius 1 is 1.00 bits per heavy atom. The molecule has 2 amide bonds. The summed E-state index contributed by atoms with van der Waals surface area (Å²) in [6.45, 7) is 4.34. The van der Waals surface area contributed by atoms with Crippen LogP contribution in [-0.4, -0.2) is 55.8 Å². The third-order valence-electron chi connectivity index (χ3n) is 6.56. The van der Waals surface area contributed by atoms with E-state index < -0.39 is 12.0 Å². The molecule has 0 radical (unpaired) electrons. The molecule has 39 heavy (non-hydrogen) atoms. The Morgan fingerprint density at radius 3 is 2.23 bits per heavy atom. The number of hydrogen-bond acceptors (Lipinski definition) is 6. The molecule has 0 bridgehead atoms. The molecule has 1 saturated heterocycles. The largest absolute Gasteiger partial charge is 0.493 e. The Hall–Kier alpha value is -4.59. The summed E-state index contributed by atoms with van der Waals surface area (Å²) in [5.74, 6) is 0.166. The number of likely N-dealkylation sites (tertiary alicyclic amines) is 1. The first-order chi connectivity index (χ1) is 19.0. The molecule has 0 aliphatic carbocycles. The number of oxime groups is 1. The second-order valence-electron chi connectivity index (χ2n) is 9.09. The SMILES string of the molecule is C=CCON=C1C[C@@H](C(=O)NCc2ccc(OC)c(OC)c2)N(C(=O)C(c2ccccc2)c2ccccc2)C1. The van der Waals surface area contributed by atoms with Gasteiger partial charge in [-0.25, -0.2) is 0 Å². The lowest BCUT2D eigenvalue weighted by molar-refractivity contribution is -0.138. The molecule has 1 N–H and O–H groups in total. The summed E-state index contributed by atoms with van der Waals surface area (Å²) < 4.78 is 10.7. The fourth-order valence-electron chi connectivity index (χ4n) is 4.65. The second-order valence-corrected chi connectivity index (χ2v) is 9.09.